The molecule has 2 N–H and O–H groups in total. The predicted molar refractivity (Wildman–Crippen MR) is 96.7 cm³/mol. The number of hydrogen-bond donors (Lipinski definition) is 2. The monoisotopic (exact) mass is 391 g/mol. The van der Waals surface area contributed by atoms with E-state index in [0.29, 0.717) is 6.54 Å². The van der Waals surface area contributed by atoms with Gasteiger partial charge in [0.05, 0.1) is 6.54 Å². The van der Waals surface area contributed by atoms with Crippen LogP contribution in [0.15, 0.2) is 46.8 Å². The van der Waals surface area contributed by atoms with Crippen LogP contribution in [-0.2, 0) is 6.54 Å². The molecule has 0 radical (unpaired) electrons. The Morgan fingerprint density at radius 3 is 2.53 bits per heavy atom. The maximum atomic E-state index is 4.52. The number of thioether (sulfide) groups is 1. The lowest BCUT2D eigenvalue weighted by Gasteiger charge is -2.09. The summed E-state index contributed by atoms with van der Waals surface area (Å²) in [5.41, 5.74) is 1.21. The van der Waals surface area contributed by atoms with Gasteiger partial charge >= 0.3 is 0 Å². The van der Waals surface area contributed by atoms with Gasteiger partial charge in [-0.05, 0) is 30.9 Å². The van der Waals surface area contributed by atoms with Gasteiger partial charge in [-0.1, -0.05) is 18.2 Å². The molecule has 1 aromatic carbocycles. The fourth-order valence-corrected chi connectivity index (χ4v) is 1.82. The van der Waals surface area contributed by atoms with Gasteiger partial charge in [0.15, 0.2) is 5.96 Å². The van der Waals surface area contributed by atoms with Crippen molar-refractivity contribution in [2.45, 2.75) is 18.4 Å². The standard InChI is InChI=1S/C14H21N3S.HI/c1-4-10-16-14(15-5-2)17-11-12-6-8-13(18-3)9-7-12;/h4,6-9H,1,5,10-11H2,2-3H3,(H2,15,16,17);1H. The molecule has 0 aliphatic carbocycles. The summed E-state index contributed by atoms with van der Waals surface area (Å²) in [5.74, 6) is 0.825. The molecule has 106 valence electrons. The molecule has 3 nitrogen and oxygen atoms in total. The Bertz CT molecular complexity index is 390. The maximum absolute atomic E-state index is 4.52. The number of halogens is 1. The average molecular weight is 391 g/mol. The van der Waals surface area contributed by atoms with E-state index in [4.69, 9.17) is 0 Å². The van der Waals surface area contributed by atoms with Crippen LogP contribution in [0, 0.1) is 0 Å². The van der Waals surface area contributed by atoms with Gasteiger partial charge in [-0.25, -0.2) is 4.99 Å². The SMILES string of the molecule is C=CCNC(=NCc1ccc(SC)cc1)NCC.I. The Morgan fingerprint density at radius 1 is 1.32 bits per heavy atom. The fraction of sp³-hybridized carbons (Fsp3) is 0.357. The molecule has 0 aromatic heterocycles. The summed E-state index contributed by atoms with van der Waals surface area (Å²) in [6, 6.07) is 8.48. The third-order valence-electron chi connectivity index (χ3n) is 2.34. The lowest BCUT2D eigenvalue weighted by Crippen LogP contribution is -2.37. The molecule has 0 unspecified atom stereocenters. The molecule has 5 heteroatoms. The first-order valence-corrected chi connectivity index (χ1v) is 7.28. The lowest BCUT2D eigenvalue weighted by molar-refractivity contribution is 0.860. The van der Waals surface area contributed by atoms with Crippen LogP contribution < -0.4 is 10.6 Å². The van der Waals surface area contributed by atoms with Crippen molar-refractivity contribution in [3.05, 3.63) is 42.5 Å². The van der Waals surface area contributed by atoms with Gasteiger partial charge in [0.25, 0.3) is 0 Å². The van der Waals surface area contributed by atoms with Crippen molar-refractivity contribution in [1.29, 1.82) is 0 Å². The van der Waals surface area contributed by atoms with Crippen molar-refractivity contribution in [3.63, 3.8) is 0 Å². The molecule has 0 atom stereocenters. The number of benzene rings is 1. The quantitative estimate of drug-likeness (QED) is 0.257. The van der Waals surface area contributed by atoms with Crippen molar-refractivity contribution < 1.29 is 0 Å². The Balaban J connectivity index is 0.00000324. The first kappa shape index (κ1) is 18.3. The van der Waals surface area contributed by atoms with Crippen molar-refractivity contribution >= 4 is 41.7 Å². The van der Waals surface area contributed by atoms with Crippen LogP contribution in [0.2, 0.25) is 0 Å². The van der Waals surface area contributed by atoms with Crippen LogP contribution in [0.4, 0.5) is 0 Å². The third-order valence-corrected chi connectivity index (χ3v) is 3.08. The molecular weight excluding hydrogens is 369 g/mol. The highest BCUT2D eigenvalue weighted by Crippen LogP contribution is 2.15. The summed E-state index contributed by atoms with van der Waals surface area (Å²) in [4.78, 5) is 5.79. The van der Waals surface area contributed by atoms with Crippen LogP contribution in [-0.4, -0.2) is 25.3 Å². The minimum atomic E-state index is 0. The number of nitrogens with one attached hydrogen (secondary N) is 2. The minimum absolute atomic E-state index is 0. The van der Waals surface area contributed by atoms with Gasteiger partial charge in [0.1, 0.15) is 0 Å². The first-order chi connectivity index (χ1) is 8.80. The van der Waals surface area contributed by atoms with Crippen LogP contribution in [0.5, 0.6) is 0 Å². The van der Waals surface area contributed by atoms with E-state index in [1.807, 2.05) is 6.08 Å². The largest absolute Gasteiger partial charge is 0.357 e. The van der Waals surface area contributed by atoms with Crippen LogP contribution in [0.25, 0.3) is 0 Å². The van der Waals surface area contributed by atoms with Gasteiger partial charge in [0, 0.05) is 18.0 Å². The van der Waals surface area contributed by atoms with Crippen LogP contribution >= 0.6 is 35.7 Å². The van der Waals surface area contributed by atoms with Crippen molar-refractivity contribution in [2.75, 3.05) is 19.3 Å². The Labute approximate surface area is 137 Å². The Morgan fingerprint density at radius 2 is 2.00 bits per heavy atom. The van der Waals surface area contributed by atoms with E-state index in [2.05, 4.69) is 59.6 Å². The second-order valence-corrected chi connectivity index (χ2v) is 4.59. The van der Waals surface area contributed by atoms with Crippen LogP contribution in [0.3, 0.4) is 0 Å². The molecule has 0 fully saturated rings. The number of aliphatic imine (C=N–C) groups is 1. The molecule has 1 aromatic rings. The van der Waals surface area contributed by atoms with Crippen molar-refractivity contribution in [1.82, 2.24) is 10.6 Å². The van der Waals surface area contributed by atoms with Crippen molar-refractivity contribution in [3.8, 4) is 0 Å². The second kappa shape index (κ2) is 11.2. The molecular formula is C14H22IN3S. The summed E-state index contributed by atoms with van der Waals surface area (Å²) >= 11 is 1.75. The zero-order valence-electron chi connectivity index (χ0n) is 11.5. The highest BCUT2D eigenvalue weighted by molar-refractivity contribution is 14.0. The molecule has 1 rings (SSSR count). The highest BCUT2D eigenvalue weighted by atomic mass is 127. The molecule has 0 saturated heterocycles. The lowest BCUT2D eigenvalue weighted by atomic mass is 10.2. The van der Waals surface area contributed by atoms with Gasteiger partial charge in [-0.3, -0.25) is 0 Å². The molecule has 0 aliphatic rings. The summed E-state index contributed by atoms with van der Waals surface area (Å²) < 4.78 is 0. The predicted octanol–water partition coefficient (Wildman–Crippen LogP) is 3.27. The summed E-state index contributed by atoms with van der Waals surface area (Å²) in [6.45, 7) is 7.99. The second-order valence-electron chi connectivity index (χ2n) is 3.71. The molecule has 0 spiro atoms. The van der Waals surface area contributed by atoms with Crippen molar-refractivity contribution in [2.24, 2.45) is 4.99 Å². The third kappa shape index (κ3) is 7.47. The van der Waals surface area contributed by atoms with Gasteiger partial charge in [-0.2, -0.15) is 0 Å². The first-order valence-electron chi connectivity index (χ1n) is 6.06. The zero-order chi connectivity index (χ0) is 13.2. The smallest absolute Gasteiger partial charge is 0.191 e. The summed E-state index contributed by atoms with van der Waals surface area (Å²) in [7, 11) is 0. The van der Waals surface area contributed by atoms with E-state index in [1.165, 1.54) is 10.5 Å². The van der Waals surface area contributed by atoms with E-state index in [1.54, 1.807) is 11.8 Å². The van der Waals surface area contributed by atoms with Gasteiger partial charge < -0.3 is 10.6 Å². The number of guanidine groups is 1. The molecule has 0 saturated carbocycles. The van der Waals surface area contributed by atoms with E-state index in [0.717, 1.165) is 19.0 Å². The van der Waals surface area contributed by atoms with Crippen LogP contribution in [0.1, 0.15) is 12.5 Å². The molecule has 0 bridgehead atoms. The maximum Gasteiger partial charge on any atom is 0.191 e. The zero-order valence-corrected chi connectivity index (χ0v) is 14.6. The van der Waals surface area contributed by atoms with E-state index >= 15 is 0 Å². The van der Waals surface area contributed by atoms with E-state index < -0.39 is 0 Å². The topological polar surface area (TPSA) is 36.4 Å². The highest BCUT2D eigenvalue weighted by Gasteiger charge is 1.96. The van der Waals surface area contributed by atoms with Gasteiger partial charge in [0.2, 0.25) is 0 Å². The molecule has 19 heavy (non-hydrogen) atoms. The normalized spacial score (nSPS) is 10.5. The molecule has 0 aliphatic heterocycles. The fourth-order valence-electron chi connectivity index (χ4n) is 1.41. The summed E-state index contributed by atoms with van der Waals surface area (Å²) in [5, 5.41) is 6.38. The molecule has 0 heterocycles. The number of nitrogens with zero attached hydrogens (tertiary/aromatic N) is 1. The Hall–Kier alpha value is -0.690. The van der Waals surface area contributed by atoms with Gasteiger partial charge in [-0.15, -0.1) is 42.3 Å². The molecule has 0 amide bonds. The minimum Gasteiger partial charge on any atom is -0.357 e. The number of rotatable bonds is 6. The summed E-state index contributed by atoms with van der Waals surface area (Å²) in [6.07, 6.45) is 3.90. The van der Waals surface area contributed by atoms with E-state index in [9.17, 15) is 0 Å². The Kier molecular flexibility index (Phi) is 10.8. The number of hydrogen-bond acceptors (Lipinski definition) is 2. The van der Waals surface area contributed by atoms with E-state index in [-0.39, 0.29) is 24.0 Å². The average Bonchev–Trinajstić information content (AvgIpc) is 2.42.